The van der Waals surface area contributed by atoms with Gasteiger partial charge in [0.05, 0.1) is 0 Å². The van der Waals surface area contributed by atoms with Crippen molar-refractivity contribution in [2.75, 3.05) is 6.61 Å². The highest BCUT2D eigenvalue weighted by Gasteiger charge is 2.41. The molecule has 0 unspecified atom stereocenters. The number of carboxylic acid groups (broad SMARTS) is 1. The van der Waals surface area contributed by atoms with Gasteiger partial charge in [0.25, 0.3) is 0 Å². The van der Waals surface area contributed by atoms with Gasteiger partial charge in [0.15, 0.2) is 0 Å². The third-order valence-electron chi connectivity index (χ3n) is 3.95. The van der Waals surface area contributed by atoms with Gasteiger partial charge in [-0.25, -0.2) is 4.79 Å². The van der Waals surface area contributed by atoms with E-state index in [2.05, 4.69) is 5.32 Å². The molecule has 2 aliphatic rings. The molecule has 1 aliphatic carbocycles. The molecule has 0 aromatic rings. The Morgan fingerprint density at radius 3 is 2.28 bits per heavy atom. The van der Waals surface area contributed by atoms with E-state index in [-0.39, 0.29) is 5.91 Å². The van der Waals surface area contributed by atoms with E-state index >= 15 is 0 Å². The first kappa shape index (κ1) is 13.3. The van der Waals surface area contributed by atoms with E-state index < -0.39 is 17.6 Å². The largest absolute Gasteiger partial charge is 0.480 e. The highest BCUT2D eigenvalue weighted by atomic mass is 16.5. The topological polar surface area (TPSA) is 75.6 Å². The monoisotopic (exact) mass is 255 g/mol. The molecule has 2 rings (SSSR count). The molecule has 2 N–H and O–H groups in total. The highest BCUT2D eigenvalue weighted by Crippen LogP contribution is 2.28. The number of carboxylic acids is 1. The Morgan fingerprint density at radius 2 is 1.78 bits per heavy atom. The van der Waals surface area contributed by atoms with E-state index in [1.165, 1.54) is 0 Å². The molecule has 102 valence electrons. The number of hydrogen-bond donors (Lipinski definition) is 2. The Bertz CT molecular complexity index is 315. The molecule has 5 heteroatoms. The van der Waals surface area contributed by atoms with Crippen LogP contribution in [0.5, 0.6) is 0 Å². The summed E-state index contributed by atoms with van der Waals surface area (Å²) in [5.41, 5.74) is -1.07. The molecule has 1 saturated heterocycles. The molecule has 5 nitrogen and oxygen atoms in total. The first-order chi connectivity index (χ1) is 8.64. The zero-order valence-electron chi connectivity index (χ0n) is 10.6. The quantitative estimate of drug-likeness (QED) is 0.749. The smallest absolute Gasteiger partial charge is 0.329 e. The second-order valence-corrected chi connectivity index (χ2v) is 5.29. The van der Waals surface area contributed by atoms with Crippen molar-refractivity contribution in [3.63, 3.8) is 0 Å². The summed E-state index contributed by atoms with van der Waals surface area (Å²) in [5.74, 6) is -1.16. The number of amides is 1. The number of carbonyl (C=O) groups excluding carboxylic acids is 1. The molecule has 0 bridgehead atoms. The first-order valence-electron chi connectivity index (χ1n) is 6.81. The van der Waals surface area contributed by atoms with Crippen LogP contribution in [0.1, 0.15) is 51.4 Å². The van der Waals surface area contributed by atoms with Crippen molar-refractivity contribution in [3.05, 3.63) is 0 Å². The average Bonchev–Trinajstić information content (AvgIpc) is 2.77. The summed E-state index contributed by atoms with van der Waals surface area (Å²) in [5, 5.41) is 12.2. The van der Waals surface area contributed by atoms with Crippen LogP contribution in [0.15, 0.2) is 0 Å². The molecular weight excluding hydrogens is 234 g/mol. The van der Waals surface area contributed by atoms with Crippen LogP contribution in [0.25, 0.3) is 0 Å². The van der Waals surface area contributed by atoms with Gasteiger partial charge in [-0.2, -0.15) is 0 Å². The van der Waals surface area contributed by atoms with E-state index in [9.17, 15) is 14.7 Å². The molecule has 0 spiro atoms. The summed E-state index contributed by atoms with van der Waals surface area (Å²) in [6, 6.07) is 0. The third kappa shape index (κ3) is 2.83. The number of nitrogens with one attached hydrogen (secondary N) is 1. The second kappa shape index (κ2) is 5.69. The van der Waals surface area contributed by atoms with E-state index in [4.69, 9.17) is 4.74 Å². The number of carbonyl (C=O) groups is 2. The van der Waals surface area contributed by atoms with Crippen LogP contribution in [0.3, 0.4) is 0 Å². The van der Waals surface area contributed by atoms with Gasteiger partial charge in [0, 0.05) is 6.61 Å². The molecule has 1 saturated carbocycles. The fraction of sp³-hybridized carbons (Fsp3) is 0.846. The molecule has 1 heterocycles. The molecule has 2 fully saturated rings. The SMILES string of the molecule is O=C(NC1(C(=O)O)CCCCCC1)[C@H]1CCCO1. The van der Waals surface area contributed by atoms with Crippen LogP contribution in [0, 0.1) is 0 Å². The summed E-state index contributed by atoms with van der Waals surface area (Å²) < 4.78 is 5.31. The minimum absolute atomic E-state index is 0.253. The highest BCUT2D eigenvalue weighted by molar-refractivity contribution is 5.89. The lowest BCUT2D eigenvalue weighted by Gasteiger charge is -2.30. The molecule has 0 aromatic carbocycles. The Morgan fingerprint density at radius 1 is 1.11 bits per heavy atom. The predicted octanol–water partition coefficient (Wildman–Crippen LogP) is 1.46. The standard InChI is InChI=1S/C13H21NO4/c15-11(10-6-5-9-18-10)14-13(12(16)17)7-3-1-2-4-8-13/h10H,1-9H2,(H,14,15)(H,16,17)/t10-/m1/s1. The predicted molar refractivity (Wildman–Crippen MR) is 65.2 cm³/mol. The van der Waals surface area contributed by atoms with Gasteiger partial charge in [0.2, 0.25) is 5.91 Å². The summed E-state index contributed by atoms with van der Waals surface area (Å²) in [4.78, 5) is 23.6. The van der Waals surface area contributed by atoms with Crippen LogP contribution in [0.4, 0.5) is 0 Å². The van der Waals surface area contributed by atoms with Crippen molar-refractivity contribution in [1.82, 2.24) is 5.32 Å². The fourth-order valence-corrected chi connectivity index (χ4v) is 2.83. The van der Waals surface area contributed by atoms with Crippen molar-refractivity contribution in [1.29, 1.82) is 0 Å². The molecule has 18 heavy (non-hydrogen) atoms. The fourth-order valence-electron chi connectivity index (χ4n) is 2.83. The Hall–Kier alpha value is -1.10. The lowest BCUT2D eigenvalue weighted by atomic mass is 9.90. The zero-order chi connectivity index (χ0) is 13.0. The van der Waals surface area contributed by atoms with E-state index in [1.807, 2.05) is 0 Å². The number of aliphatic carboxylic acids is 1. The van der Waals surface area contributed by atoms with Crippen molar-refractivity contribution in [2.24, 2.45) is 0 Å². The van der Waals surface area contributed by atoms with Crippen molar-refractivity contribution >= 4 is 11.9 Å². The van der Waals surface area contributed by atoms with Crippen LogP contribution in [-0.4, -0.2) is 35.2 Å². The van der Waals surface area contributed by atoms with Crippen LogP contribution in [0.2, 0.25) is 0 Å². The van der Waals surface area contributed by atoms with E-state index in [1.54, 1.807) is 0 Å². The lowest BCUT2D eigenvalue weighted by Crippen LogP contribution is -2.56. The Balaban J connectivity index is 2.04. The van der Waals surface area contributed by atoms with Gasteiger partial charge in [-0.15, -0.1) is 0 Å². The Labute approximate surface area is 107 Å². The minimum Gasteiger partial charge on any atom is -0.480 e. The maximum atomic E-state index is 12.0. The summed E-state index contributed by atoms with van der Waals surface area (Å²) in [6.45, 7) is 0.595. The van der Waals surface area contributed by atoms with Crippen molar-refractivity contribution < 1.29 is 19.4 Å². The molecular formula is C13H21NO4. The molecule has 0 aromatic heterocycles. The molecule has 1 amide bonds. The maximum absolute atomic E-state index is 12.0. The molecule has 1 atom stereocenters. The third-order valence-corrected chi connectivity index (χ3v) is 3.95. The lowest BCUT2D eigenvalue weighted by molar-refractivity contribution is -0.150. The van der Waals surface area contributed by atoms with E-state index in [0.717, 1.165) is 32.1 Å². The molecule has 0 radical (unpaired) electrons. The van der Waals surface area contributed by atoms with E-state index in [0.29, 0.717) is 25.9 Å². The summed E-state index contributed by atoms with van der Waals surface area (Å²) >= 11 is 0. The normalized spacial score (nSPS) is 27.4. The van der Waals surface area contributed by atoms with Crippen LogP contribution >= 0.6 is 0 Å². The number of hydrogen-bond acceptors (Lipinski definition) is 3. The average molecular weight is 255 g/mol. The summed E-state index contributed by atoms with van der Waals surface area (Å²) in [7, 11) is 0. The van der Waals surface area contributed by atoms with Gasteiger partial charge in [-0.3, -0.25) is 4.79 Å². The van der Waals surface area contributed by atoms with Gasteiger partial charge in [-0.05, 0) is 25.7 Å². The van der Waals surface area contributed by atoms with Crippen LogP contribution in [-0.2, 0) is 14.3 Å². The maximum Gasteiger partial charge on any atom is 0.329 e. The van der Waals surface area contributed by atoms with Gasteiger partial charge >= 0.3 is 5.97 Å². The number of ether oxygens (including phenoxy) is 1. The van der Waals surface area contributed by atoms with Crippen molar-refractivity contribution in [2.45, 2.75) is 63.0 Å². The number of rotatable bonds is 3. The first-order valence-corrected chi connectivity index (χ1v) is 6.81. The minimum atomic E-state index is -1.07. The summed E-state index contributed by atoms with van der Waals surface area (Å²) in [6.07, 6.45) is 5.98. The second-order valence-electron chi connectivity index (χ2n) is 5.29. The van der Waals surface area contributed by atoms with Crippen LogP contribution < -0.4 is 5.32 Å². The zero-order valence-corrected chi connectivity index (χ0v) is 10.6. The van der Waals surface area contributed by atoms with Gasteiger partial charge in [-0.1, -0.05) is 25.7 Å². The van der Waals surface area contributed by atoms with Gasteiger partial charge in [0.1, 0.15) is 11.6 Å². The van der Waals surface area contributed by atoms with Crippen molar-refractivity contribution in [3.8, 4) is 0 Å². The molecule has 1 aliphatic heterocycles. The Kier molecular flexibility index (Phi) is 4.22. The van der Waals surface area contributed by atoms with Gasteiger partial charge < -0.3 is 15.2 Å².